The first-order chi connectivity index (χ1) is 7.77. The number of rotatable bonds is 5. The summed E-state index contributed by atoms with van der Waals surface area (Å²) in [6.07, 6.45) is 3.29. The molecule has 0 spiro atoms. The normalized spacial score (nSPS) is 9.50. The third kappa shape index (κ3) is 3.74. The zero-order valence-electron chi connectivity index (χ0n) is 9.49. The Morgan fingerprint density at radius 2 is 2.00 bits per heavy atom. The average Bonchev–Trinajstić information content (AvgIpc) is 2.34. The first-order valence-corrected chi connectivity index (χ1v) is 5.56. The summed E-state index contributed by atoms with van der Waals surface area (Å²) >= 11 is 0. The molecule has 0 aliphatic carbocycles. The lowest BCUT2D eigenvalue weighted by atomic mass is 10.1. The number of nitriles is 1. The van der Waals surface area contributed by atoms with Gasteiger partial charge in [0.1, 0.15) is 0 Å². The molecular formula is C13H16N2O. The third-order valence-corrected chi connectivity index (χ3v) is 2.34. The van der Waals surface area contributed by atoms with E-state index in [-0.39, 0.29) is 5.91 Å². The molecule has 0 saturated carbocycles. The molecule has 3 heteroatoms. The van der Waals surface area contributed by atoms with Crippen LogP contribution >= 0.6 is 0 Å². The number of hydrogen-bond acceptors (Lipinski definition) is 2. The molecule has 0 heterocycles. The van der Waals surface area contributed by atoms with Gasteiger partial charge in [-0.2, -0.15) is 5.26 Å². The van der Waals surface area contributed by atoms with Gasteiger partial charge in [-0.25, -0.2) is 0 Å². The van der Waals surface area contributed by atoms with Crippen LogP contribution in [0.2, 0.25) is 0 Å². The molecule has 0 atom stereocenters. The van der Waals surface area contributed by atoms with Gasteiger partial charge in [0.25, 0.3) is 5.91 Å². The van der Waals surface area contributed by atoms with Gasteiger partial charge in [0.2, 0.25) is 0 Å². The van der Waals surface area contributed by atoms with Crippen molar-refractivity contribution in [3.63, 3.8) is 0 Å². The first kappa shape index (κ1) is 12.3. The van der Waals surface area contributed by atoms with E-state index in [1.807, 2.05) is 6.07 Å². The van der Waals surface area contributed by atoms with Gasteiger partial charge >= 0.3 is 0 Å². The minimum atomic E-state index is -0.0689. The topological polar surface area (TPSA) is 52.9 Å². The van der Waals surface area contributed by atoms with E-state index in [1.54, 1.807) is 24.3 Å². The summed E-state index contributed by atoms with van der Waals surface area (Å²) in [5.41, 5.74) is 1.18. The monoisotopic (exact) mass is 216 g/mol. The summed E-state index contributed by atoms with van der Waals surface area (Å²) in [6, 6.07) is 8.68. The molecule has 0 radical (unpaired) electrons. The van der Waals surface area contributed by atoms with Crippen molar-refractivity contribution in [2.75, 3.05) is 6.54 Å². The molecule has 3 nitrogen and oxygen atoms in total. The van der Waals surface area contributed by atoms with E-state index in [2.05, 4.69) is 12.2 Å². The number of benzene rings is 1. The van der Waals surface area contributed by atoms with Crippen molar-refractivity contribution in [2.24, 2.45) is 0 Å². The summed E-state index contributed by atoms with van der Waals surface area (Å²) < 4.78 is 0. The summed E-state index contributed by atoms with van der Waals surface area (Å²) in [7, 11) is 0. The predicted molar refractivity (Wildman–Crippen MR) is 63.0 cm³/mol. The van der Waals surface area contributed by atoms with E-state index >= 15 is 0 Å². The minimum absolute atomic E-state index is 0.0689. The van der Waals surface area contributed by atoms with Crippen LogP contribution in [0.5, 0.6) is 0 Å². The second-order valence-corrected chi connectivity index (χ2v) is 3.65. The second-order valence-electron chi connectivity index (χ2n) is 3.65. The molecule has 1 aromatic carbocycles. The van der Waals surface area contributed by atoms with Crippen LogP contribution in [0.25, 0.3) is 0 Å². The molecule has 0 saturated heterocycles. The van der Waals surface area contributed by atoms with Gasteiger partial charge in [-0.3, -0.25) is 4.79 Å². The van der Waals surface area contributed by atoms with Gasteiger partial charge in [0.15, 0.2) is 0 Å². The highest BCUT2D eigenvalue weighted by molar-refractivity contribution is 5.94. The molecular weight excluding hydrogens is 200 g/mol. The lowest BCUT2D eigenvalue weighted by molar-refractivity contribution is 0.0953. The van der Waals surface area contributed by atoms with Crippen LogP contribution in [-0.2, 0) is 0 Å². The van der Waals surface area contributed by atoms with E-state index in [0.29, 0.717) is 17.7 Å². The van der Waals surface area contributed by atoms with E-state index in [0.717, 1.165) is 19.3 Å². The average molecular weight is 216 g/mol. The number of carbonyl (C=O) groups is 1. The quantitative estimate of drug-likeness (QED) is 0.769. The lowest BCUT2D eigenvalue weighted by Gasteiger charge is -2.04. The van der Waals surface area contributed by atoms with Gasteiger partial charge in [-0.1, -0.05) is 19.8 Å². The number of nitrogens with one attached hydrogen (secondary N) is 1. The van der Waals surface area contributed by atoms with Gasteiger partial charge in [0, 0.05) is 12.1 Å². The van der Waals surface area contributed by atoms with E-state index in [1.165, 1.54) is 0 Å². The van der Waals surface area contributed by atoms with Crippen molar-refractivity contribution in [1.82, 2.24) is 5.32 Å². The molecule has 0 bridgehead atoms. The van der Waals surface area contributed by atoms with Gasteiger partial charge in [-0.15, -0.1) is 0 Å². The molecule has 1 rings (SSSR count). The van der Waals surface area contributed by atoms with Crippen LogP contribution in [0.4, 0.5) is 0 Å². The van der Waals surface area contributed by atoms with Crippen molar-refractivity contribution in [1.29, 1.82) is 5.26 Å². The maximum absolute atomic E-state index is 11.6. The molecule has 0 unspecified atom stereocenters. The highest BCUT2D eigenvalue weighted by Crippen LogP contribution is 2.03. The van der Waals surface area contributed by atoms with Crippen molar-refractivity contribution < 1.29 is 4.79 Å². The summed E-state index contributed by atoms with van der Waals surface area (Å²) in [5, 5.41) is 11.5. The number of unbranched alkanes of at least 4 members (excludes halogenated alkanes) is 2. The van der Waals surface area contributed by atoms with Crippen LogP contribution in [0.1, 0.15) is 42.1 Å². The van der Waals surface area contributed by atoms with Crippen molar-refractivity contribution in [3.8, 4) is 6.07 Å². The third-order valence-electron chi connectivity index (χ3n) is 2.34. The minimum Gasteiger partial charge on any atom is -0.352 e. The SMILES string of the molecule is CCCCCNC(=O)c1ccc(C#N)cc1. The van der Waals surface area contributed by atoms with Crippen LogP contribution in [0, 0.1) is 11.3 Å². The zero-order chi connectivity index (χ0) is 11.8. The Kier molecular flexibility index (Phi) is 5.07. The molecule has 16 heavy (non-hydrogen) atoms. The second kappa shape index (κ2) is 6.62. The van der Waals surface area contributed by atoms with Crippen LogP contribution < -0.4 is 5.32 Å². The Labute approximate surface area is 96.1 Å². The Hall–Kier alpha value is -1.82. The fourth-order valence-electron chi connectivity index (χ4n) is 1.38. The van der Waals surface area contributed by atoms with Crippen molar-refractivity contribution in [2.45, 2.75) is 26.2 Å². The molecule has 1 N–H and O–H groups in total. The van der Waals surface area contributed by atoms with E-state index in [9.17, 15) is 4.79 Å². The van der Waals surface area contributed by atoms with Crippen molar-refractivity contribution >= 4 is 5.91 Å². The molecule has 1 aromatic rings. The van der Waals surface area contributed by atoms with E-state index in [4.69, 9.17) is 5.26 Å². The molecule has 0 aliphatic heterocycles. The predicted octanol–water partition coefficient (Wildman–Crippen LogP) is 2.48. The number of carbonyl (C=O) groups excluding carboxylic acids is 1. The zero-order valence-corrected chi connectivity index (χ0v) is 9.49. The molecule has 0 aromatic heterocycles. The van der Waals surface area contributed by atoms with Gasteiger partial charge in [0.05, 0.1) is 11.6 Å². The highest BCUT2D eigenvalue weighted by Gasteiger charge is 2.03. The largest absolute Gasteiger partial charge is 0.352 e. The van der Waals surface area contributed by atoms with Crippen LogP contribution in [0.3, 0.4) is 0 Å². The number of hydrogen-bond donors (Lipinski definition) is 1. The summed E-state index contributed by atoms with van der Waals surface area (Å²) in [4.78, 5) is 11.6. The molecule has 1 amide bonds. The van der Waals surface area contributed by atoms with Gasteiger partial charge < -0.3 is 5.32 Å². The standard InChI is InChI=1S/C13H16N2O/c1-2-3-4-9-15-13(16)12-7-5-11(10-14)6-8-12/h5-8H,2-4,9H2,1H3,(H,15,16). The van der Waals surface area contributed by atoms with E-state index < -0.39 is 0 Å². The number of nitrogens with zero attached hydrogens (tertiary/aromatic N) is 1. The fourth-order valence-corrected chi connectivity index (χ4v) is 1.38. The molecule has 0 aliphatic rings. The van der Waals surface area contributed by atoms with Crippen molar-refractivity contribution in [3.05, 3.63) is 35.4 Å². The van der Waals surface area contributed by atoms with Crippen LogP contribution in [-0.4, -0.2) is 12.5 Å². The maximum Gasteiger partial charge on any atom is 0.251 e. The molecule has 0 fully saturated rings. The summed E-state index contributed by atoms with van der Waals surface area (Å²) in [5.74, 6) is -0.0689. The maximum atomic E-state index is 11.6. The fraction of sp³-hybridized carbons (Fsp3) is 0.385. The Bertz CT molecular complexity index is 376. The Morgan fingerprint density at radius 3 is 2.56 bits per heavy atom. The number of amides is 1. The highest BCUT2D eigenvalue weighted by atomic mass is 16.1. The van der Waals surface area contributed by atoms with Gasteiger partial charge in [-0.05, 0) is 30.7 Å². The summed E-state index contributed by atoms with van der Waals surface area (Å²) in [6.45, 7) is 2.84. The van der Waals surface area contributed by atoms with Crippen LogP contribution in [0.15, 0.2) is 24.3 Å². The smallest absolute Gasteiger partial charge is 0.251 e. The first-order valence-electron chi connectivity index (χ1n) is 5.56. The Morgan fingerprint density at radius 1 is 1.31 bits per heavy atom. The molecule has 84 valence electrons. The lowest BCUT2D eigenvalue weighted by Crippen LogP contribution is -2.24. The Balaban J connectivity index is 2.44.